The molecule has 0 aliphatic carbocycles. The Bertz CT molecular complexity index is 830. The van der Waals surface area contributed by atoms with E-state index < -0.39 is 5.97 Å². The number of carbonyl (C=O) groups is 3. The highest BCUT2D eigenvalue weighted by atomic mass is 16.4. The molecule has 0 bridgehead atoms. The zero-order valence-corrected chi connectivity index (χ0v) is 14.7. The van der Waals surface area contributed by atoms with Crippen molar-refractivity contribution in [3.63, 3.8) is 0 Å². The van der Waals surface area contributed by atoms with Crippen LogP contribution in [-0.4, -0.2) is 47.0 Å². The van der Waals surface area contributed by atoms with Crippen molar-refractivity contribution in [2.24, 2.45) is 0 Å². The molecule has 0 atom stereocenters. The Morgan fingerprint density at radius 2 is 1.59 bits per heavy atom. The average molecular weight is 367 g/mol. The molecule has 1 aliphatic rings. The van der Waals surface area contributed by atoms with Crippen molar-refractivity contribution in [3.8, 4) is 0 Å². The molecule has 2 aromatic carbocycles. The third-order valence-electron chi connectivity index (χ3n) is 4.51. The van der Waals surface area contributed by atoms with Gasteiger partial charge in [0.05, 0.1) is 5.56 Å². The summed E-state index contributed by atoms with van der Waals surface area (Å²) in [5.41, 5.74) is 1.18. The van der Waals surface area contributed by atoms with Crippen LogP contribution in [0.15, 0.2) is 54.6 Å². The van der Waals surface area contributed by atoms with E-state index in [2.05, 4.69) is 10.6 Å². The largest absolute Gasteiger partial charge is 0.478 e. The van der Waals surface area contributed by atoms with Crippen LogP contribution in [-0.2, 0) is 0 Å². The Kier molecular flexibility index (Phi) is 5.71. The molecule has 0 spiro atoms. The van der Waals surface area contributed by atoms with Crippen molar-refractivity contribution >= 4 is 23.6 Å². The molecule has 0 aromatic heterocycles. The van der Waals surface area contributed by atoms with Gasteiger partial charge < -0.3 is 20.6 Å². The summed E-state index contributed by atoms with van der Waals surface area (Å²) in [4.78, 5) is 37.4. The number of carboxylic acid groups (broad SMARTS) is 1. The minimum absolute atomic E-state index is 0.0110. The van der Waals surface area contributed by atoms with Gasteiger partial charge in [0.1, 0.15) is 0 Å². The second-order valence-electron chi connectivity index (χ2n) is 6.42. The van der Waals surface area contributed by atoms with E-state index in [1.54, 1.807) is 17.0 Å². The normalized spacial score (nSPS) is 14.4. The van der Waals surface area contributed by atoms with Crippen LogP contribution in [0.5, 0.6) is 0 Å². The number of hydrogen-bond acceptors (Lipinski definition) is 3. The fraction of sp³-hybridized carbons (Fsp3) is 0.250. The maximum Gasteiger partial charge on any atom is 0.335 e. The fourth-order valence-corrected chi connectivity index (χ4v) is 3.07. The number of rotatable bonds is 4. The zero-order valence-electron chi connectivity index (χ0n) is 14.7. The second-order valence-corrected chi connectivity index (χ2v) is 6.42. The Morgan fingerprint density at radius 1 is 0.926 bits per heavy atom. The SMILES string of the molecule is O=C(Nc1ccccc1)NC1CCN(C(=O)c2cccc(C(=O)O)c2)CC1. The van der Waals surface area contributed by atoms with E-state index in [1.165, 1.54) is 12.1 Å². The molecule has 1 saturated heterocycles. The van der Waals surface area contributed by atoms with Gasteiger partial charge >= 0.3 is 12.0 Å². The van der Waals surface area contributed by atoms with Crippen LogP contribution < -0.4 is 10.6 Å². The van der Waals surface area contributed by atoms with Gasteiger partial charge in [-0.2, -0.15) is 0 Å². The van der Waals surface area contributed by atoms with Crippen molar-refractivity contribution in [2.45, 2.75) is 18.9 Å². The first kappa shape index (κ1) is 18.4. The van der Waals surface area contributed by atoms with Crippen molar-refractivity contribution in [2.75, 3.05) is 18.4 Å². The number of nitrogens with zero attached hydrogens (tertiary/aromatic N) is 1. The van der Waals surface area contributed by atoms with Crippen molar-refractivity contribution in [1.29, 1.82) is 0 Å². The van der Waals surface area contributed by atoms with Gasteiger partial charge in [-0.1, -0.05) is 24.3 Å². The number of amides is 3. The van der Waals surface area contributed by atoms with E-state index in [0.29, 0.717) is 31.5 Å². The molecule has 7 heteroatoms. The molecule has 140 valence electrons. The highest BCUT2D eigenvalue weighted by Crippen LogP contribution is 2.15. The van der Waals surface area contributed by atoms with E-state index in [9.17, 15) is 14.4 Å². The van der Waals surface area contributed by atoms with Crippen LogP contribution in [0, 0.1) is 0 Å². The first-order valence-electron chi connectivity index (χ1n) is 8.78. The number of hydrogen-bond donors (Lipinski definition) is 3. The van der Waals surface area contributed by atoms with Gasteiger partial charge in [-0.3, -0.25) is 4.79 Å². The maximum absolute atomic E-state index is 12.6. The van der Waals surface area contributed by atoms with Gasteiger partial charge in [0.25, 0.3) is 5.91 Å². The monoisotopic (exact) mass is 367 g/mol. The Labute approximate surface area is 157 Å². The minimum atomic E-state index is -1.06. The van der Waals surface area contributed by atoms with Crippen LogP contribution in [0.25, 0.3) is 0 Å². The summed E-state index contributed by atoms with van der Waals surface area (Å²) in [6, 6.07) is 15.0. The molecular weight excluding hydrogens is 346 g/mol. The summed E-state index contributed by atoms with van der Waals surface area (Å²) < 4.78 is 0. The summed E-state index contributed by atoms with van der Waals surface area (Å²) in [5, 5.41) is 14.8. The minimum Gasteiger partial charge on any atom is -0.478 e. The van der Waals surface area contributed by atoms with Crippen molar-refractivity contribution < 1.29 is 19.5 Å². The predicted octanol–water partition coefficient (Wildman–Crippen LogP) is 2.81. The number of carbonyl (C=O) groups excluding carboxylic acids is 2. The molecular formula is C20H21N3O4. The van der Waals surface area contributed by atoms with Crippen LogP contribution >= 0.6 is 0 Å². The predicted molar refractivity (Wildman–Crippen MR) is 101 cm³/mol. The van der Waals surface area contributed by atoms with Gasteiger partial charge in [0, 0.05) is 30.4 Å². The number of urea groups is 1. The Balaban J connectivity index is 1.51. The number of anilines is 1. The third kappa shape index (κ3) is 4.84. The fourth-order valence-electron chi connectivity index (χ4n) is 3.07. The standard InChI is InChI=1S/C20H21N3O4/c24-18(14-5-4-6-15(13-14)19(25)26)23-11-9-17(10-12-23)22-20(27)21-16-7-2-1-3-8-16/h1-8,13,17H,9-12H2,(H,25,26)(H2,21,22,27). The van der Waals surface area contributed by atoms with E-state index in [1.807, 2.05) is 30.3 Å². The molecule has 1 heterocycles. The lowest BCUT2D eigenvalue weighted by Gasteiger charge is -2.32. The molecule has 3 N–H and O–H groups in total. The van der Waals surface area contributed by atoms with E-state index >= 15 is 0 Å². The van der Waals surface area contributed by atoms with Gasteiger partial charge in [-0.05, 0) is 43.2 Å². The van der Waals surface area contributed by atoms with Crippen LogP contribution in [0.4, 0.5) is 10.5 Å². The Hall–Kier alpha value is -3.35. The molecule has 3 rings (SSSR count). The number of aromatic carboxylic acids is 1. The first-order chi connectivity index (χ1) is 13.0. The zero-order chi connectivity index (χ0) is 19.2. The van der Waals surface area contributed by atoms with Gasteiger partial charge in [-0.25, -0.2) is 9.59 Å². The van der Waals surface area contributed by atoms with Gasteiger partial charge in [0.15, 0.2) is 0 Å². The molecule has 2 aromatic rings. The summed E-state index contributed by atoms with van der Waals surface area (Å²) in [5.74, 6) is -1.25. The summed E-state index contributed by atoms with van der Waals surface area (Å²) in [6.45, 7) is 1.01. The lowest BCUT2D eigenvalue weighted by atomic mass is 10.0. The smallest absolute Gasteiger partial charge is 0.335 e. The highest BCUT2D eigenvalue weighted by Gasteiger charge is 2.25. The molecule has 3 amide bonds. The molecule has 0 radical (unpaired) electrons. The number of nitrogens with one attached hydrogen (secondary N) is 2. The topological polar surface area (TPSA) is 98.7 Å². The van der Waals surface area contributed by atoms with Crippen molar-refractivity contribution in [1.82, 2.24) is 10.2 Å². The quantitative estimate of drug-likeness (QED) is 0.774. The van der Waals surface area contributed by atoms with E-state index in [0.717, 1.165) is 5.69 Å². The molecule has 0 saturated carbocycles. The molecule has 27 heavy (non-hydrogen) atoms. The van der Waals surface area contributed by atoms with Gasteiger partial charge in [-0.15, -0.1) is 0 Å². The molecule has 7 nitrogen and oxygen atoms in total. The lowest BCUT2D eigenvalue weighted by molar-refractivity contribution is 0.0697. The van der Waals surface area contributed by atoms with Crippen LogP contribution in [0.1, 0.15) is 33.6 Å². The average Bonchev–Trinajstić information content (AvgIpc) is 2.69. The number of piperidine rings is 1. The van der Waals surface area contributed by atoms with Crippen LogP contribution in [0.2, 0.25) is 0 Å². The number of carboxylic acids is 1. The van der Waals surface area contributed by atoms with E-state index in [-0.39, 0.29) is 23.5 Å². The summed E-state index contributed by atoms with van der Waals surface area (Å²) in [7, 11) is 0. The lowest BCUT2D eigenvalue weighted by Crippen LogP contribution is -2.47. The highest BCUT2D eigenvalue weighted by molar-refractivity contribution is 5.97. The molecule has 1 fully saturated rings. The summed E-state index contributed by atoms with van der Waals surface area (Å²) in [6.07, 6.45) is 1.29. The summed E-state index contributed by atoms with van der Waals surface area (Å²) >= 11 is 0. The number of para-hydroxylation sites is 1. The number of likely N-dealkylation sites (tertiary alicyclic amines) is 1. The van der Waals surface area contributed by atoms with E-state index in [4.69, 9.17) is 5.11 Å². The Morgan fingerprint density at radius 3 is 2.26 bits per heavy atom. The first-order valence-corrected chi connectivity index (χ1v) is 8.78. The molecule has 1 aliphatic heterocycles. The number of benzene rings is 2. The van der Waals surface area contributed by atoms with Crippen LogP contribution in [0.3, 0.4) is 0 Å². The third-order valence-corrected chi connectivity index (χ3v) is 4.51. The maximum atomic E-state index is 12.6. The molecule has 0 unspecified atom stereocenters. The second kappa shape index (κ2) is 8.35. The van der Waals surface area contributed by atoms with Gasteiger partial charge in [0.2, 0.25) is 0 Å². The van der Waals surface area contributed by atoms with Crippen molar-refractivity contribution in [3.05, 3.63) is 65.7 Å².